The predicted octanol–water partition coefficient (Wildman–Crippen LogP) is 3.58. The molecule has 1 aliphatic heterocycles. The molecule has 2 aromatic rings. The average Bonchev–Trinajstić information content (AvgIpc) is 2.77. The molecule has 2 aromatic carbocycles. The van der Waals surface area contributed by atoms with E-state index in [0.29, 0.717) is 32.5 Å². The zero-order valence-corrected chi connectivity index (χ0v) is 19.3. The largest absolute Gasteiger partial charge is 0.492 e. The molecule has 0 bridgehead atoms. The van der Waals surface area contributed by atoms with Crippen LogP contribution >= 0.6 is 0 Å². The van der Waals surface area contributed by atoms with Crippen LogP contribution in [-0.4, -0.2) is 44.9 Å². The summed E-state index contributed by atoms with van der Waals surface area (Å²) in [6.07, 6.45) is 1.35. The van der Waals surface area contributed by atoms with Crippen molar-refractivity contribution in [2.75, 3.05) is 26.2 Å². The lowest BCUT2D eigenvalue weighted by molar-refractivity contribution is -0.126. The molecule has 1 fully saturated rings. The molecule has 31 heavy (non-hydrogen) atoms. The van der Waals surface area contributed by atoms with E-state index in [-0.39, 0.29) is 28.7 Å². The summed E-state index contributed by atoms with van der Waals surface area (Å²) in [6, 6.07) is 16.4. The fourth-order valence-corrected chi connectivity index (χ4v) is 5.20. The van der Waals surface area contributed by atoms with Crippen LogP contribution < -0.4 is 10.1 Å². The van der Waals surface area contributed by atoms with Gasteiger partial charge >= 0.3 is 0 Å². The predicted molar refractivity (Wildman–Crippen MR) is 122 cm³/mol. The number of ether oxygens (including phenoxy) is 1. The maximum atomic E-state index is 12.8. The fourth-order valence-electron chi connectivity index (χ4n) is 3.65. The Bertz CT molecular complexity index is 967. The Morgan fingerprint density at radius 2 is 1.77 bits per heavy atom. The van der Waals surface area contributed by atoms with Gasteiger partial charge in [0.2, 0.25) is 15.9 Å². The van der Waals surface area contributed by atoms with Gasteiger partial charge in [-0.1, -0.05) is 51.1 Å². The van der Waals surface area contributed by atoms with E-state index in [1.807, 2.05) is 12.1 Å². The van der Waals surface area contributed by atoms with Crippen LogP contribution in [0.25, 0.3) is 0 Å². The molecule has 1 N–H and O–H groups in total. The van der Waals surface area contributed by atoms with Gasteiger partial charge in [0.25, 0.3) is 0 Å². The zero-order chi connectivity index (χ0) is 22.5. The minimum absolute atomic E-state index is 0.0916. The molecule has 1 atom stereocenters. The molecule has 1 saturated heterocycles. The van der Waals surface area contributed by atoms with E-state index in [4.69, 9.17) is 4.74 Å². The highest BCUT2D eigenvalue weighted by Gasteiger charge is 2.33. The first-order valence-electron chi connectivity index (χ1n) is 10.7. The van der Waals surface area contributed by atoms with Crippen molar-refractivity contribution >= 4 is 15.9 Å². The van der Waals surface area contributed by atoms with Gasteiger partial charge in [-0.2, -0.15) is 4.31 Å². The molecule has 6 nitrogen and oxygen atoms in total. The molecule has 1 aliphatic rings. The number of piperidine rings is 1. The summed E-state index contributed by atoms with van der Waals surface area (Å²) in [7, 11) is -3.58. The summed E-state index contributed by atoms with van der Waals surface area (Å²) in [4.78, 5) is 12.9. The number of carbonyl (C=O) groups excluding carboxylic acids is 1. The van der Waals surface area contributed by atoms with Crippen molar-refractivity contribution in [1.29, 1.82) is 0 Å². The van der Waals surface area contributed by atoms with Gasteiger partial charge in [0, 0.05) is 13.1 Å². The van der Waals surface area contributed by atoms with Crippen molar-refractivity contribution < 1.29 is 17.9 Å². The molecular formula is C24H32N2O4S. The first-order valence-corrected chi connectivity index (χ1v) is 12.2. The summed E-state index contributed by atoms with van der Waals surface area (Å²) >= 11 is 0. The Balaban J connectivity index is 1.47. The fraction of sp³-hybridized carbons (Fsp3) is 0.458. The Hall–Kier alpha value is -2.38. The van der Waals surface area contributed by atoms with Crippen LogP contribution in [0.4, 0.5) is 0 Å². The van der Waals surface area contributed by atoms with Crippen LogP contribution in [0.2, 0.25) is 0 Å². The van der Waals surface area contributed by atoms with E-state index >= 15 is 0 Å². The van der Waals surface area contributed by atoms with Crippen molar-refractivity contribution in [2.24, 2.45) is 5.92 Å². The average molecular weight is 445 g/mol. The second-order valence-electron chi connectivity index (χ2n) is 8.93. The quantitative estimate of drug-likeness (QED) is 0.663. The van der Waals surface area contributed by atoms with Gasteiger partial charge in [0.1, 0.15) is 12.4 Å². The Morgan fingerprint density at radius 1 is 1.10 bits per heavy atom. The molecule has 0 saturated carbocycles. The number of hydrogen-bond acceptors (Lipinski definition) is 4. The normalized spacial score (nSPS) is 17.8. The Kier molecular flexibility index (Phi) is 7.38. The summed E-state index contributed by atoms with van der Waals surface area (Å²) in [5.74, 6) is 0.290. The van der Waals surface area contributed by atoms with Gasteiger partial charge in [-0.05, 0) is 48.1 Å². The van der Waals surface area contributed by atoms with E-state index in [1.165, 1.54) is 9.87 Å². The lowest BCUT2D eigenvalue weighted by Gasteiger charge is -2.31. The number of carbonyl (C=O) groups is 1. The van der Waals surface area contributed by atoms with Gasteiger partial charge in [-0.25, -0.2) is 8.42 Å². The third-order valence-corrected chi connectivity index (χ3v) is 7.41. The molecule has 7 heteroatoms. The second-order valence-corrected chi connectivity index (χ2v) is 10.9. The molecule has 3 rings (SSSR count). The lowest BCUT2D eigenvalue weighted by atomic mass is 9.87. The third kappa shape index (κ3) is 6.08. The van der Waals surface area contributed by atoms with Gasteiger partial charge in [-0.3, -0.25) is 4.79 Å². The first kappa shape index (κ1) is 23.3. The molecule has 0 radical (unpaired) electrons. The number of hydrogen-bond donors (Lipinski definition) is 1. The van der Waals surface area contributed by atoms with E-state index in [0.717, 1.165) is 5.75 Å². The summed E-state index contributed by atoms with van der Waals surface area (Å²) < 4.78 is 32.8. The highest BCUT2D eigenvalue weighted by Crippen LogP contribution is 2.25. The standard InChI is InChI=1S/C24H32N2O4S/c1-24(2,3)20-11-13-21(14-12-20)30-17-15-25-23(27)19-8-7-16-26(18-19)31(28,29)22-9-5-4-6-10-22/h4-6,9-14,19H,7-8,15-18H2,1-3H3,(H,25,27)/t19-/m1/s1. The third-order valence-electron chi connectivity index (χ3n) is 5.53. The van der Waals surface area contributed by atoms with E-state index < -0.39 is 10.0 Å². The maximum absolute atomic E-state index is 12.8. The number of sulfonamides is 1. The number of amides is 1. The number of nitrogens with zero attached hydrogens (tertiary/aromatic N) is 1. The monoisotopic (exact) mass is 444 g/mol. The Labute approximate surface area is 185 Å². The molecule has 0 aromatic heterocycles. The highest BCUT2D eigenvalue weighted by atomic mass is 32.2. The van der Waals surface area contributed by atoms with Crippen molar-refractivity contribution in [2.45, 2.75) is 43.9 Å². The zero-order valence-electron chi connectivity index (χ0n) is 18.5. The SMILES string of the molecule is CC(C)(C)c1ccc(OCCNC(=O)[C@@H]2CCCN(S(=O)(=O)c3ccccc3)C2)cc1. The van der Waals surface area contributed by atoms with Crippen LogP contribution in [0, 0.1) is 5.92 Å². The summed E-state index contributed by atoms with van der Waals surface area (Å²) in [6.45, 7) is 7.87. The van der Waals surface area contributed by atoms with Gasteiger partial charge in [0.15, 0.2) is 0 Å². The van der Waals surface area contributed by atoms with Crippen molar-refractivity contribution in [3.8, 4) is 5.75 Å². The van der Waals surface area contributed by atoms with Gasteiger partial charge in [-0.15, -0.1) is 0 Å². The first-order chi connectivity index (χ1) is 14.7. The van der Waals surface area contributed by atoms with Crippen LogP contribution in [0.5, 0.6) is 5.75 Å². The minimum atomic E-state index is -3.58. The summed E-state index contributed by atoms with van der Waals surface area (Å²) in [5, 5.41) is 2.88. The Morgan fingerprint density at radius 3 is 2.42 bits per heavy atom. The second kappa shape index (κ2) is 9.83. The topological polar surface area (TPSA) is 75.7 Å². The van der Waals surface area contributed by atoms with Crippen molar-refractivity contribution in [3.05, 3.63) is 60.2 Å². The van der Waals surface area contributed by atoms with Gasteiger partial charge < -0.3 is 10.1 Å². The number of rotatable bonds is 7. The highest BCUT2D eigenvalue weighted by molar-refractivity contribution is 7.89. The minimum Gasteiger partial charge on any atom is -0.492 e. The van der Waals surface area contributed by atoms with Gasteiger partial charge in [0.05, 0.1) is 17.4 Å². The van der Waals surface area contributed by atoms with Crippen molar-refractivity contribution in [1.82, 2.24) is 9.62 Å². The van der Waals surface area contributed by atoms with Crippen LogP contribution in [0.1, 0.15) is 39.2 Å². The molecule has 168 valence electrons. The molecule has 0 unspecified atom stereocenters. The van der Waals surface area contributed by atoms with E-state index in [9.17, 15) is 13.2 Å². The molecule has 1 amide bonds. The van der Waals surface area contributed by atoms with E-state index in [1.54, 1.807) is 30.3 Å². The van der Waals surface area contributed by atoms with Crippen LogP contribution in [-0.2, 0) is 20.2 Å². The van der Waals surface area contributed by atoms with E-state index in [2.05, 4.69) is 38.2 Å². The molecule has 0 spiro atoms. The van der Waals surface area contributed by atoms with Crippen LogP contribution in [0.15, 0.2) is 59.5 Å². The smallest absolute Gasteiger partial charge is 0.243 e. The number of benzene rings is 2. The lowest BCUT2D eigenvalue weighted by Crippen LogP contribution is -2.45. The number of nitrogens with one attached hydrogen (secondary N) is 1. The molecule has 0 aliphatic carbocycles. The van der Waals surface area contributed by atoms with Crippen LogP contribution in [0.3, 0.4) is 0 Å². The maximum Gasteiger partial charge on any atom is 0.243 e. The summed E-state index contributed by atoms with van der Waals surface area (Å²) in [5.41, 5.74) is 1.33. The molecular weight excluding hydrogens is 412 g/mol. The van der Waals surface area contributed by atoms with Crippen molar-refractivity contribution in [3.63, 3.8) is 0 Å². The molecule has 1 heterocycles.